The molecule has 0 aliphatic rings. The Bertz CT molecular complexity index is 1140. The molecule has 4 nitrogen and oxygen atoms in total. The van der Waals surface area contributed by atoms with Gasteiger partial charge in [-0.2, -0.15) is 0 Å². The first-order valence-corrected chi connectivity index (χ1v) is 12.5. The smallest absolute Gasteiger partial charge is 0.243 e. The van der Waals surface area contributed by atoms with Crippen LogP contribution in [0, 0.1) is 20.8 Å². The lowest BCUT2D eigenvalue weighted by Gasteiger charge is -2.33. The molecule has 184 valence electrons. The van der Waals surface area contributed by atoms with Gasteiger partial charge in [0.15, 0.2) is 0 Å². The van der Waals surface area contributed by atoms with E-state index in [1.54, 1.807) is 4.90 Å². The van der Waals surface area contributed by atoms with Crippen LogP contribution in [0.15, 0.2) is 72.8 Å². The molecule has 3 aromatic carbocycles. The molecule has 3 rings (SSSR count). The molecule has 0 aliphatic heterocycles. The molecular formula is C31H38N2O2. The van der Waals surface area contributed by atoms with Crippen LogP contribution in [0.3, 0.4) is 0 Å². The van der Waals surface area contributed by atoms with Crippen LogP contribution in [-0.2, 0) is 29.0 Å². The van der Waals surface area contributed by atoms with E-state index in [1.165, 1.54) is 5.56 Å². The third-order valence-corrected chi connectivity index (χ3v) is 6.80. The van der Waals surface area contributed by atoms with E-state index in [1.807, 2.05) is 81.4 Å². The van der Waals surface area contributed by atoms with Gasteiger partial charge >= 0.3 is 0 Å². The van der Waals surface area contributed by atoms with Crippen molar-refractivity contribution in [2.24, 2.45) is 0 Å². The maximum Gasteiger partial charge on any atom is 0.243 e. The lowest BCUT2D eigenvalue weighted by molar-refractivity contribution is -0.141. The molecule has 1 N–H and O–H groups in total. The second-order valence-corrected chi connectivity index (χ2v) is 9.57. The minimum Gasteiger partial charge on any atom is -0.352 e. The molecule has 4 heteroatoms. The third-order valence-electron chi connectivity index (χ3n) is 6.80. The Kier molecular flexibility index (Phi) is 9.25. The van der Waals surface area contributed by atoms with Gasteiger partial charge in [0, 0.05) is 19.0 Å². The molecule has 0 bridgehead atoms. The zero-order valence-electron chi connectivity index (χ0n) is 21.7. The van der Waals surface area contributed by atoms with E-state index in [9.17, 15) is 9.59 Å². The minimum atomic E-state index is -0.606. The second-order valence-electron chi connectivity index (χ2n) is 9.57. The van der Waals surface area contributed by atoms with Gasteiger partial charge in [-0.3, -0.25) is 9.59 Å². The van der Waals surface area contributed by atoms with Crippen LogP contribution >= 0.6 is 0 Å². The first-order valence-electron chi connectivity index (χ1n) is 12.5. The van der Waals surface area contributed by atoms with Crippen molar-refractivity contribution in [2.45, 2.75) is 72.5 Å². The maximum atomic E-state index is 13.9. The van der Waals surface area contributed by atoms with E-state index < -0.39 is 6.04 Å². The fourth-order valence-electron chi connectivity index (χ4n) is 4.16. The predicted octanol–water partition coefficient (Wildman–Crippen LogP) is 5.71. The zero-order chi connectivity index (χ0) is 25.4. The molecule has 35 heavy (non-hydrogen) atoms. The highest BCUT2D eigenvalue weighted by molar-refractivity contribution is 5.89. The average molecular weight is 471 g/mol. The number of rotatable bonds is 10. The normalized spacial score (nSPS) is 12.6. The minimum absolute atomic E-state index is 0.0379. The first-order chi connectivity index (χ1) is 16.8. The molecule has 0 saturated heterocycles. The van der Waals surface area contributed by atoms with Gasteiger partial charge in [-0.1, -0.05) is 79.7 Å². The molecule has 0 aromatic heterocycles. The molecule has 2 unspecified atom stereocenters. The quantitative estimate of drug-likeness (QED) is 0.413. The summed E-state index contributed by atoms with van der Waals surface area (Å²) in [5.41, 5.74) is 6.52. The lowest BCUT2D eigenvalue weighted by atomic mass is 9.99. The summed E-state index contributed by atoms with van der Waals surface area (Å²) in [4.78, 5) is 29.2. The van der Waals surface area contributed by atoms with Gasteiger partial charge in [-0.15, -0.1) is 0 Å². The van der Waals surface area contributed by atoms with Crippen molar-refractivity contribution in [1.82, 2.24) is 10.2 Å². The average Bonchev–Trinajstić information content (AvgIpc) is 2.85. The molecular weight excluding hydrogens is 432 g/mol. The Labute approximate surface area is 210 Å². The summed E-state index contributed by atoms with van der Waals surface area (Å²) < 4.78 is 0. The monoisotopic (exact) mass is 470 g/mol. The van der Waals surface area contributed by atoms with Crippen LogP contribution in [0.1, 0.15) is 53.6 Å². The summed E-state index contributed by atoms with van der Waals surface area (Å²) in [6.45, 7) is 10.6. The highest BCUT2D eigenvalue weighted by atomic mass is 16.2. The Morgan fingerprint density at radius 3 is 2.17 bits per heavy atom. The number of aryl methyl sites for hydroxylation is 3. The summed E-state index contributed by atoms with van der Waals surface area (Å²) in [7, 11) is 0. The number of nitrogens with zero attached hydrogens (tertiary/aromatic N) is 1. The molecule has 0 spiro atoms. The van der Waals surface area contributed by atoms with Gasteiger partial charge in [-0.05, 0) is 67.5 Å². The molecule has 0 saturated carbocycles. The Morgan fingerprint density at radius 2 is 1.51 bits per heavy atom. The van der Waals surface area contributed by atoms with Crippen molar-refractivity contribution in [3.05, 3.63) is 106 Å². The fraction of sp³-hybridized carbons (Fsp3) is 0.355. The van der Waals surface area contributed by atoms with E-state index >= 15 is 0 Å². The van der Waals surface area contributed by atoms with E-state index in [4.69, 9.17) is 0 Å². The Hall–Kier alpha value is -3.40. The van der Waals surface area contributed by atoms with Crippen LogP contribution in [0.25, 0.3) is 0 Å². The predicted molar refractivity (Wildman–Crippen MR) is 143 cm³/mol. The Balaban J connectivity index is 1.99. The lowest BCUT2D eigenvalue weighted by Crippen LogP contribution is -2.52. The SMILES string of the molecule is CCC(C)NC(=O)C(Cc1ccccc1)N(Cc1ccccc1C)C(=O)Cc1ccc(C)c(C)c1. The molecule has 0 aliphatic carbocycles. The molecule has 2 atom stereocenters. The van der Waals surface area contributed by atoms with E-state index in [0.717, 1.165) is 34.2 Å². The van der Waals surface area contributed by atoms with Crippen molar-refractivity contribution >= 4 is 11.8 Å². The summed E-state index contributed by atoms with van der Waals surface area (Å²) in [6, 6.07) is 23.6. The van der Waals surface area contributed by atoms with Crippen LogP contribution in [0.5, 0.6) is 0 Å². The van der Waals surface area contributed by atoms with E-state index in [2.05, 4.69) is 31.3 Å². The summed E-state index contributed by atoms with van der Waals surface area (Å²) in [6.07, 6.45) is 1.56. The molecule has 0 radical (unpaired) electrons. The van der Waals surface area contributed by atoms with Crippen LogP contribution in [0.2, 0.25) is 0 Å². The number of hydrogen-bond acceptors (Lipinski definition) is 2. The summed E-state index contributed by atoms with van der Waals surface area (Å²) in [5, 5.41) is 3.13. The van der Waals surface area contributed by atoms with Gasteiger partial charge in [0.2, 0.25) is 11.8 Å². The molecule has 2 amide bonds. The molecule has 0 heterocycles. The first kappa shape index (κ1) is 26.2. The number of hydrogen-bond donors (Lipinski definition) is 1. The van der Waals surface area contributed by atoms with Crippen LogP contribution in [-0.4, -0.2) is 28.8 Å². The fourth-order valence-corrected chi connectivity index (χ4v) is 4.16. The van der Waals surface area contributed by atoms with Gasteiger partial charge in [0.25, 0.3) is 0 Å². The van der Waals surface area contributed by atoms with Crippen molar-refractivity contribution in [3.63, 3.8) is 0 Å². The van der Waals surface area contributed by atoms with Crippen molar-refractivity contribution in [3.8, 4) is 0 Å². The Morgan fingerprint density at radius 1 is 0.829 bits per heavy atom. The zero-order valence-corrected chi connectivity index (χ0v) is 21.7. The van der Waals surface area contributed by atoms with Crippen molar-refractivity contribution in [1.29, 1.82) is 0 Å². The molecule has 0 fully saturated rings. The van der Waals surface area contributed by atoms with Crippen molar-refractivity contribution < 1.29 is 9.59 Å². The van der Waals surface area contributed by atoms with Crippen molar-refractivity contribution in [2.75, 3.05) is 0 Å². The number of carbonyl (C=O) groups is 2. The summed E-state index contributed by atoms with van der Waals surface area (Å²) >= 11 is 0. The largest absolute Gasteiger partial charge is 0.352 e. The van der Waals surface area contributed by atoms with Crippen LogP contribution < -0.4 is 5.32 Å². The van der Waals surface area contributed by atoms with Gasteiger partial charge < -0.3 is 10.2 Å². The number of nitrogens with one attached hydrogen (secondary N) is 1. The van der Waals surface area contributed by atoms with Gasteiger partial charge in [-0.25, -0.2) is 0 Å². The highest BCUT2D eigenvalue weighted by Gasteiger charge is 2.31. The highest BCUT2D eigenvalue weighted by Crippen LogP contribution is 2.19. The number of carbonyl (C=O) groups excluding carboxylic acids is 2. The van der Waals surface area contributed by atoms with Gasteiger partial charge in [0.05, 0.1) is 6.42 Å². The number of amides is 2. The third kappa shape index (κ3) is 7.29. The standard InChI is InChI=1S/C31H38N2O2/c1-6-25(5)32-31(35)29(19-26-13-8-7-9-14-26)33(21-28-15-11-10-12-23(28)3)30(34)20-27-17-16-22(2)24(4)18-27/h7-18,25,29H,6,19-21H2,1-5H3,(H,32,35). The topological polar surface area (TPSA) is 49.4 Å². The van der Waals surface area contributed by atoms with Gasteiger partial charge in [0.1, 0.15) is 6.04 Å². The van der Waals surface area contributed by atoms with Crippen LogP contribution in [0.4, 0.5) is 0 Å². The molecule has 3 aromatic rings. The maximum absolute atomic E-state index is 13.9. The van der Waals surface area contributed by atoms with E-state index in [-0.39, 0.29) is 24.3 Å². The summed E-state index contributed by atoms with van der Waals surface area (Å²) in [5.74, 6) is -0.151. The second kappa shape index (κ2) is 12.3. The van der Waals surface area contributed by atoms with E-state index in [0.29, 0.717) is 13.0 Å². The number of benzene rings is 3.